The summed E-state index contributed by atoms with van der Waals surface area (Å²) in [5.74, 6) is 0. The molecule has 0 saturated carbocycles. The molecule has 0 fully saturated rings. The standard InChI is InChI=1S/C35H62N2/c1-3-5-7-9-11-13-15-16-17-19-21-26-30-35-36(32-33-37(35)34-28-24-23-25-29-34)31-27-22-20-18-14-12-10-8-6-4-2/h23-25,28-29,32-33,35H,3-22,26-27,30-31H2,1-2H3. The van der Waals surface area contributed by atoms with E-state index in [4.69, 9.17) is 0 Å². The monoisotopic (exact) mass is 510 g/mol. The van der Waals surface area contributed by atoms with Crippen LogP contribution in [-0.4, -0.2) is 17.6 Å². The van der Waals surface area contributed by atoms with Crippen LogP contribution in [0.2, 0.25) is 0 Å². The Balaban J connectivity index is 1.60. The molecule has 2 nitrogen and oxygen atoms in total. The van der Waals surface area contributed by atoms with E-state index in [1.807, 2.05) is 0 Å². The van der Waals surface area contributed by atoms with E-state index in [0.29, 0.717) is 6.17 Å². The molecular weight excluding hydrogens is 448 g/mol. The van der Waals surface area contributed by atoms with Crippen molar-refractivity contribution in [1.29, 1.82) is 0 Å². The number of hydrogen-bond donors (Lipinski definition) is 0. The van der Waals surface area contributed by atoms with Gasteiger partial charge in [0.15, 0.2) is 0 Å². The van der Waals surface area contributed by atoms with Gasteiger partial charge < -0.3 is 9.80 Å². The van der Waals surface area contributed by atoms with Gasteiger partial charge in [-0.3, -0.25) is 0 Å². The molecule has 0 saturated heterocycles. The smallest absolute Gasteiger partial charge is 0.105 e. The highest BCUT2D eigenvalue weighted by Gasteiger charge is 2.26. The van der Waals surface area contributed by atoms with Crippen LogP contribution in [0.5, 0.6) is 0 Å². The molecule has 0 aromatic heterocycles. The minimum absolute atomic E-state index is 0.504. The summed E-state index contributed by atoms with van der Waals surface area (Å²) in [5.41, 5.74) is 1.34. The summed E-state index contributed by atoms with van der Waals surface area (Å²) in [6.07, 6.45) is 37.7. The Hall–Kier alpha value is -1.44. The van der Waals surface area contributed by atoms with Crippen molar-refractivity contribution in [1.82, 2.24) is 4.90 Å². The van der Waals surface area contributed by atoms with E-state index in [2.05, 4.69) is 66.4 Å². The van der Waals surface area contributed by atoms with Gasteiger partial charge in [-0.1, -0.05) is 160 Å². The van der Waals surface area contributed by atoms with Crippen molar-refractivity contribution in [2.75, 3.05) is 11.4 Å². The van der Waals surface area contributed by atoms with Gasteiger partial charge in [0, 0.05) is 24.6 Å². The number of nitrogens with zero attached hydrogens (tertiary/aromatic N) is 2. The van der Waals surface area contributed by atoms with Gasteiger partial charge in [0.25, 0.3) is 0 Å². The first-order valence-electron chi connectivity index (χ1n) is 16.6. The number of para-hydroxylation sites is 1. The zero-order chi connectivity index (χ0) is 26.2. The first-order valence-corrected chi connectivity index (χ1v) is 16.6. The largest absolute Gasteiger partial charge is 0.356 e. The maximum absolute atomic E-state index is 2.64. The molecule has 1 aliphatic rings. The van der Waals surface area contributed by atoms with Crippen LogP contribution in [0, 0.1) is 0 Å². The Morgan fingerprint density at radius 2 is 0.919 bits per heavy atom. The van der Waals surface area contributed by atoms with Gasteiger partial charge in [0.05, 0.1) is 0 Å². The summed E-state index contributed by atoms with van der Waals surface area (Å²) in [6, 6.07) is 11.0. The lowest BCUT2D eigenvalue weighted by atomic mass is 10.0. The molecule has 1 aromatic rings. The zero-order valence-corrected chi connectivity index (χ0v) is 25.0. The van der Waals surface area contributed by atoms with Crippen LogP contribution >= 0.6 is 0 Å². The van der Waals surface area contributed by atoms with Crippen LogP contribution in [0.4, 0.5) is 5.69 Å². The van der Waals surface area contributed by atoms with Crippen LogP contribution in [0.1, 0.15) is 162 Å². The number of anilines is 1. The highest BCUT2D eigenvalue weighted by atomic mass is 15.4. The third-order valence-corrected chi connectivity index (χ3v) is 8.26. The number of benzene rings is 1. The van der Waals surface area contributed by atoms with Crippen LogP contribution in [0.25, 0.3) is 0 Å². The predicted octanol–water partition coefficient (Wildman–Crippen LogP) is 11.6. The van der Waals surface area contributed by atoms with Gasteiger partial charge in [-0.15, -0.1) is 0 Å². The minimum Gasteiger partial charge on any atom is -0.356 e. The van der Waals surface area contributed by atoms with Crippen molar-refractivity contribution in [2.24, 2.45) is 0 Å². The summed E-state index contributed by atoms with van der Waals surface area (Å²) >= 11 is 0. The van der Waals surface area contributed by atoms with Gasteiger partial charge >= 0.3 is 0 Å². The van der Waals surface area contributed by atoms with E-state index < -0.39 is 0 Å². The molecule has 1 heterocycles. The fraction of sp³-hybridized carbons (Fsp3) is 0.771. The molecule has 1 atom stereocenters. The maximum atomic E-state index is 2.64. The molecule has 1 aliphatic heterocycles. The normalized spacial score (nSPS) is 15.2. The van der Waals surface area contributed by atoms with Gasteiger partial charge in [-0.2, -0.15) is 0 Å². The lowest BCUT2D eigenvalue weighted by molar-refractivity contribution is 0.273. The van der Waals surface area contributed by atoms with E-state index in [0.717, 1.165) is 0 Å². The second-order valence-corrected chi connectivity index (χ2v) is 11.6. The molecule has 1 unspecified atom stereocenters. The highest BCUT2D eigenvalue weighted by Crippen LogP contribution is 2.28. The average molecular weight is 511 g/mol. The average Bonchev–Trinajstić information content (AvgIpc) is 3.33. The molecule has 0 N–H and O–H groups in total. The van der Waals surface area contributed by atoms with Crippen molar-refractivity contribution in [3.63, 3.8) is 0 Å². The van der Waals surface area contributed by atoms with Crippen LogP contribution in [0.3, 0.4) is 0 Å². The Morgan fingerprint density at radius 1 is 0.486 bits per heavy atom. The number of hydrogen-bond acceptors (Lipinski definition) is 2. The van der Waals surface area contributed by atoms with E-state index in [1.54, 1.807) is 0 Å². The second-order valence-electron chi connectivity index (χ2n) is 11.6. The predicted molar refractivity (Wildman–Crippen MR) is 166 cm³/mol. The number of unbranched alkanes of at least 4 members (excludes halogenated alkanes) is 20. The molecule has 2 rings (SSSR count). The third kappa shape index (κ3) is 14.9. The molecule has 212 valence electrons. The molecule has 0 bridgehead atoms. The molecule has 37 heavy (non-hydrogen) atoms. The minimum atomic E-state index is 0.504. The fourth-order valence-electron chi connectivity index (χ4n) is 5.85. The molecule has 0 radical (unpaired) electrons. The van der Waals surface area contributed by atoms with Crippen LogP contribution < -0.4 is 4.90 Å². The van der Waals surface area contributed by atoms with Crippen LogP contribution in [-0.2, 0) is 0 Å². The Labute approximate surface area is 232 Å². The van der Waals surface area contributed by atoms with E-state index in [9.17, 15) is 0 Å². The van der Waals surface area contributed by atoms with E-state index >= 15 is 0 Å². The van der Waals surface area contributed by atoms with E-state index in [1.165, 1.54) is 160 Å². The third-order valence-electron chi connectivity index (χ3n) is 8.26. The zero-order valence-electron chi connectivity index (χ0n) is 25.0. The molecule has 2 heteroatoms. The van der Waals surface area contributed by atoms with Gasteiger partial charge in [-0.25, -0.2) is 0 Å². The fourth-order valence-corrected chi connectivity index (χ4v) is 5.85. The molecule has 0 spiro atoms. The maximum Gasteiger partial charge on any atom is 0.105 e. The van der Waals surface area contributed by atoms with Gasteiger partial charge in [-0.05, 0) is 31.4 Å². The summed E-state index contributed by atoms with van der Waals surface area (Å²) < 4.78 is 0. The van der Waals surface area contributed by atoms with Crippen molar-refractivity contribution in [3.05, 3.63) is 42.7 Å². The lowest BCUT2D eigenvalue weighted by Crippen LogP contribution is -2.39. The Morgan fingerprint density at radius 3 is 1.41 bits per heavy atom. The highest BCUT2D eigenvalue weighted by molar-refractivity contribution is 5.51. The SMILES string of the molecule is CCCCCCCCCCCCCCC1N(CCCCCCCCCCCC)C=CN1c1ccccc1. The van der Waals surface area contributed by atoms with Crippen molar-refractivity contribution < 1.29 is 0 Å². The Bertz CT molecular complexity index is 640. The van der Waals surface area contributed by atoms with Crippen molar-refractivity contribution in [2.45, 2.75) is 168 Å². The van der Waals surface area contributed by atoms with Crippen molar-refractivity contribution >= 4 is 5.69 Å². The molecule has 0 amide bonds. The van der Waals surface area contributed by atoms with Crippen molar-refractivity contribution in [3.8, 4) is 0 Å². The van der Waals surface area contributed by atoms with Crippen LogP contribution in [0.15, 0.2) is 42.7 Å². The summed E-state index contributed by atoms with van der Waals surface area (Å²) in [4.78, 5) is 5.16. The molecule has 1 aromatic carbocycles. The topological polar surface area (TPSA) is 6.48 Å². The summed E-state index contributed by atoms with van der Waals surface area (Å²) in [5, 5.41) is 0. The summed E-state index contributed by atoms with van der Waals surface area (Å²) in [6.45, 7) is 5.82. The van der Waals surface area contributed by atoms with E-state index in [-0.39, 0.29) is 0 Å². The Kier molecular flexibility index (Phi) is 19.4. The molecule has 0 aliphatic carbocycles. The number of rotatable bonds is 25. The van der Waals surface area contributed by atoms with Gasteiger partial charge in [0.1, 0.15) is 6.17 Å². The first-order chi connectivity index (χ1) is 18.4. The van der Waals surface area contributed by atoms with Gasteiger partial charge in [0.2, 0.25) is 0 Å². The molecular formula is C35H62N2. The second kappa shape index (κ2) is 22.5. The first kappa shape index (κ1) is 31.8. The quantitative estimate of drug-likeness (QED) is 0.121. The summed E-state index contributed by atoms with van der Waals surface area (Å²) in [7, 11) is 0. The lowest BCUT2D eigenvalue weighted by Gasteiger charge is -2.33.